The molecule has 0 spiro atoms. The fourth-order valence-electron chi connectivity index (χ4n) is 2.67. The summed E-state index contributed by atoms with van der Waals surface area (Å²) in [5, 5.41) is 5.65. The fraction of sp³-hybridized carbons (Fsp3) is 0.0952. The molecule has 0 saturated carbocycles. The van der Waals surface area contributed by atoms with Gasteiger partial charge in [-0.3, -0.25) is 0 Å². The number of carbonyl (C=O) groups is 1. The van der Waals surface area contributed by atoms with Crippen LogP contribution in [-0.4, -0.2) is 12.8 Å². The normalized spacial score (nSPS) is 11.7. The van der Waals surface area contributed by atoms with Crippen LogP contribution in [0.3, 0.4) is 0 Å². The van der Waals surface area contributed by atoms with E-state index in [1.54, 1.807) is 12.1 Å². The highest BCUT2D eigenvalue weighted by Crippen LogP contribution is 2.32. The van der Waals surface area contributed by atoms with Gasteiger partial charge in [0.1, 0.15) is 5.75 Å². The summed E-state index contributed by atoms with van der Waals surface area (Å²) in [4.78, 5) is 12.3. The molecule has 0 aromatic heterocycles. The Morgan fingerprint density at radius 2 is 1.70 bits per heavy atom. The topological polar surface area (TPSA) is 68.8 Å². The molecule has 3 aromatic carbocycles. The number of hydrogen-bond acceptors (Lipinski definition) is 4. The van der Waals surface area contributed by atoms with Gasteiger partial charge in [-0.15, -0.1) is 0 Å². The minimum absolute atomic E-state index is 0.227. The number of rotatable bonds is 5. The molecular weight excluding hydrogens is 344 g/mol. The van der Waals surface area contributed by atoms with Crippen molar-refractivity contribution < 1.29 is 19.0 Å². The Morgan fingerprint density at radius 1 is 0.926 bits per heavy atom. The van der Waals surface area contributed by atoms with E-state index < -0.39 is 0 Å². The first-order valence-electron chi connectivity index (χ1n) is 8.53. The predicted molar refractivity (Wildman–Crippen MR) is 101 cm³/mol. The molecule has 6 nitrogen and oxygen atoms in total. The van der Waals surface area contributed by atoms with Crippen molar-refractivity contribution in [2.24, 2.45) is 0 Å². The van der Waals surface area contributed by atoms with Crippen LogP contribution in [0, 0.1) is 0 Å². The van der Waals surface area contributed by atoms with Crippen molar-refractivity contribution in [1.29, 1.82) is 0 Å². The third-order valence-electron chi connectivity index (χ3n) is 4.00. The van der Waals surface area contributed by atoms with Gasteiger partial charge in [-0.05, 0) is 42.0 Å². The highest BCUT2D eigenvalue weighted by atomic mass is 16.7. The van der Waals surface area contributed by atoms with Crippen molar-refractivity contribution in [1.82, 2.24) is 5.32 Å². The molecule has 1 heterocycles. The number of amides is 2. The van der Waals surface area contributed by atoms with Crippen molar-refractivity contribution in [2.45, 2.75) is 6.54 Å². The Balaban J connectivity index is 1.38. The van der Waals surface area contributed by atoms with E-state index in [4.69, 9.17) is 14.2 Å². The molecule has 0 unspecified atom stereocenters. The van der Waals surface area contributed by atoms with E-state index in [9.17, 15) is 4.79 Å². The van der Waals surface area contributed by atoms with E-state index in [1.165, 1.54) is 0 Å². The Bertz CT molecular complexity index is 944. The molecule has 0 aliphatic carbocycles. The van der Waals surface area contributed by atoms with Gasteiger partial charge in [-0.2, -0.15) is 0 Å². The predicted octanol–water partition coefficient (Wildman–Crippen LogP) is 4.53. The molecular formula is C21H18N2O4. The van der Waals surface area contributed by atoms with E-state index >= 15 is 0 Å². The average Bonchev–Trinajstić information content (AvgIpc) is 3.17. The summed E-state index contributed by atoms with van der Waals surface area (Å²) >= 11 is 0. The van der Waals surface area contributed by atoms with Crippen molar-refractivity contribution in [3.63, 3.8) is 0 Å². The number of para-hydroxylation sites is 3. The summed E-state index contributed by atoms with van der Waals surface area (Å²) in [5.41, 5.74) is 1.51. The minimum Gasteiger partial charge on any atom is -0.455 e. The Morgan fingerprint density at radius 3 is 2.59 bits per heavy atom. The van der Waals surface area contributed by atoms with E-state index in [-0.39, 0.29) is 12.8 Å². The monoisotopic (exact) mass is 362 g/mol. The number of ether oxygens (including phenoxy) is 3. The highest BCUT2D eigenvalue weighted by Gasteiger charge is 2.14. The van der Waals surface area contributed by atoms with Crippen LogP contribution < -0.4 is 24.8 Å². The van der Waals surface area contributed by atoms with Gasteiger partial charge in [0.2, 0.25) is 6.79 Å². The zero-order valence-electron chi connectivity index (χ0n) is 14.5. The molecule has 3 aromatic rings. The van der Waals surface area contributed by atoms with E-state index in [1.807, 2.05) is 60.7 Å². The lowest BCUT2D eigenvalue weighted by Crippen LogP contribution is -2.28. The molecule has 0 fully saturated rings. The first-order valence-corrected chi connectivity index (χ1v) is 8.53. The third kappa shape index (κ3) is 4.12. The summed E-state index contributed by atoms with van der Waals surface area (Å²) in [6, 6.07) is 22.0. The first-order chi connectivity index (χ1) is 13.3. The molecule has 27 heavy (non-hydrogen) atoms. The van der Waals surface area contributed by atoms with E-state index in [0.717, 1.165) is 11.3 Å². The van der Waals surface area contributed by atoms with Crippen LogP contribution in [0.2, 0.25) is 0 Å². The Labute approximate surface area is 156 Å². The molecule has 136 valence electrons. The molecule has 4 rings (SSSR count). The zero-order chi connectivity index (χ0) is 18.5. The second kappa shape index (κ2) is 7.70. The molecule has 0 saturated heterocycles. The van der Waals surface area contributed by atoms with Crippen molar-refractivity contribution in [2.75, 3.05) is 12.1 Å². The maximum Gasteiger partial charge on any atom is 0.319 e. The van der Waals surface area contributed by atoms with Gasteiger partial charge < -0.3 is 24.8 Å². The van der Waals surface area contributed by atoms with Crippen LogP contribution in [0.1, 0.15) is 5.56 Å². The van der Waals surface area contributed by atoms with Crippen molar-refractivity contribution in [3.8, 4) is 23.0 Å². The lowest BCUT2D eigenvalue weighted by atomic mass is 10.2. The number of carbonyl (C=O) groups excluding carboxylic acids is 1. The van der Waals surface area contributed by atoms with Crippen LogP contribution in [0.5, 0.6) is 23.0 Å². The third-order valence-corrected chi connectivity index (χ3v) is 4.00. The van der Waals surface area contributed by atoms with Gasteiger partial charge >= 0.3 is 6.03 Å². The maximum absolute atomic E-state index is 12.3. The van der Waals surface area contributed by atoms with Crippen molar-refractivity contribution >= 4 is 11.7 Å². The summed E-state index contributed by atoms with van der Waals surface area (Å²) < 4.78 is 16.5. The number of nitrogens with one attached hydrogen (secondary N) is 2. The van der Waals surface area contributed by atoms with Crippen LogP contribution in [0.25, 0.3) is 0 Å². The largest absolute Gasteiger partial charge is 0.455 e. The maximum atomic E-state index is 12.3. The van der Waals surface area contributed by atoms with Gasteiger partial charge in [-0.25, -0.2) is 4.79 Å². The minimum atomic E-state index is -0.322. The molecule has 2 amide bonds. The molecule has 6 heteroatoms. The summed E-state index contributed by atoms with van der Waals surface area (Å²) in [6.07, 6.45) is 0. The summed E-state index contributed by atoms with van der Waals surface area (Å²) in [7, 11) is 0. The molecule has 0 atom stereocenters. The molecule has 0 bridgehead atoms. The fourth-order valence-corrected chi connectivity index (χ4v) is 2.67. The van der Waals surface area contributed by atoms with E-state index in [2.05, 4.69) is 10.6 Å². The second-order valence-corrected chi connectivity index (χ2v) is 5.91. The van der Waals surface area contributed by atoms with E-state index in [0.29, 0.717) is 29.5 Å². The SMILES string of the molecule is O=C(NCc1ccc2c(c1)OCO2)Nc1ccccc1Oc1ccccc1. The zero-order valence-corrected chi connectivity index (χ0v) is 14.5. The van der Waals surface area contributed by atoms with Crippen LogP contribution in [0.4, 0.5) is 10.5 Å². The van der Waals surface area contributed by atoms with Gasteiger partial charge in [0.25, 0.3) is 0 Å². The summed E-state index contributed by atoms with van der Waals surface area (Å²) in [6.45, 7) is 0.592. The number of hydrogen-bond donors (Lipinski definition) is 2. The Hall–Kier alpha value is -3.67. The lowest BCUT2D eigenvalue weighted by Gasteiger charge is -2.13. The van der Waals surface area contributed by atoms with Crippen LogP contribution in [0.15, 0.2) is 72.8 Å². The molecule has 0 radical (unpaired) electrons. The number of fused-ring (bicyclic) bond motifs is 1. The second-order valence-electron chi connectivity index (χ2n) is 5.91. The molecule has 1 aliphatic heterocycles. The summed E-state index contributed by atoms with van der Waals surface area (Å²) in [5.74, 6) is 2.68. The van der Waals surface area contributed by atoms with Gasteiger partial charge in [0.15, 0.2) is 17.2 Å². The number of urea groups is 1. The quantitative estimate of drug-likeness (QED) is 0.700. The smallest absolute Gasteiger partial charge is 0.319 e. The van der Waals surface area contributed by atoms with Gasteiger partial charge in [0.05, 0.1) is 5.69 Å². The van der Waals surface area contributed by atoms with Crippen LogP contribution >= 0.6 is 0 Å². The lowest BCUT2D eigenvalue weighted by molar-refractivity contribution is 0.174. The van der Waals surface area contributed by atoms with Crippen molar-refractivity contribution in [3.05, 3.63) is 78.4 Å². The van der Waals surface area contributed by atoms with Crippen LogP contribution in [-0.2, 0) is 6.54 Å². The van der Waals surface area contributed by atoms with Gasteiger partial charge in [-0.1, -0.05) is 36.4 Å². The Kier molecular flexibility index (Phi) is 4.78. The first kappa shape index (κ1) is 16.8. The standard InChI is InChI=1S/C21H18N2O4/c24-21(22-13-15-10-11-19-20(12-15)26-14-25-19)23-17-8-4-5-9-18(17)27-16-6-2-1-3-7-16/h1-12H,13-14H2,(H2,22,23,24). The average molecular weight is 362 g/mol. The van der Waals surface area contributed by atoms with Gasteiger partial charge in [0, 0.05) is 6.54 Å². The highest BCUT2D eigenvalue weighted by molar-refractivity contribution is 5.90. The molecule has 2 N–H and O–H groups in total. The number of benzene rings is 3. The number of anilines is 1. The molecule has 1 aliphatic rings.